The number of carbonyl (C=O) groups excluding carboxylic acids is 1. The van der Waals surface area contributed by atoms with Gasteiger partial charge in [-0.25, -0.2) is 4.79 Å². The Balaban J connectivity index is 2.16. The Labute approximate surface area is 121 Å². The maximum absolute atomic E-state index is 11.6. The predicted octanol–water partition coefficient (Wildman–Crippen LogP) is 2.23. The largest absolute Gasteiger partial charge is 0.452 e. The molecule has 114 valence electrons. The van der Waals surface area contributed by atoms with Gasteiger partial charge in [0.1, 0.15) is 18.3 Å². The molecule has 0 aromatic carbocycles. The van der Waals surface area contributed by atoms with E-state index in [2.05, 4.69) is 19.6 Å². The minimum absolute atomic E-state index is 0.225. The Morgan fingerprint density at radius 2 is 2.05 bits per heavy atom. The maximum Gasteiger partial charge on any atom is 0.334 e. The molecule has 2 rings (SSSR count). The van der Waals surface area contributed by atoms with Crippen LogP contribution < -0.4 is 0 Å². The Bertz CT molecular complexity index is 424. The lowest BCUT2D eigenvalue weighted by Gasteiger charge is -2.32. The average molecular weight is 300 g/mol. The quantitative estimate of drug-likeness (QED) is 0.588. The van der Waals surface area contributed by atoms with Crippen molar-refractivity contribution < 1.29 is 23.4 Å². The van der Waals surface area contributed by atoms with E-state index in [1.165, 1.54) is 0 Å². The van der Waals surface area contributed by atoms with Crippen molar-refractivity contribution in [3.63, 3.8) is 0 Å². The summed E-state index contributed by atoms with van der Waals surface area (Å²) in [5.41, 5.74) is 0.623. The van der Waals surface area contributed by atoms with Gasteiger partial charge in [-0.2, -0.15) is 0 Å². The second-order valence-electron chi connectivity index (χ2n) is 6.78. The molecule has 20 heavy (non-hydrogen) atoms. The van der Waals surface area contributed by atoms with Crippen LogP contribution in [0.25, 0.3) is 0 Å². The normalized spacial score (nSPS) is 31.1. The first kappa shape index (κ1) is 15.7. The zero-order valence-electron chi connectivity index (χ0n) is 13.1. The van der Waals surface area contributed by atoms with Crippen molar-refractivity contribution in [3.8, 4) is 0 Å². The minimum Gasteiger partial charge on any atom is -0.452 e. The lowest BCUT2D eigenvalue weighted by molar-refractivity contribution is -0.162. The average Bonchev–Trinajstić information content (AvgIpc) is 2.78. The topological polar surface area (TPSA) is 54.0 Å². The van der Waals surface area contributed by atoms with Gasteiger partial charge < -0.3 is 18.6 Å². The van der Waals surface area contributed by atoms with E-state index in [-0.39, 0.29) is 18.2 Å². The third-order valence-corrected chi connectivity index (χ3v) is 4.17. The van der Waals surface area contributed by atoms with E-state index in [0.29, 0.717) is 12.2 Å². The van der Waals surface area contributed by atoms with Crippen LogP contribution in [0, 0.1) is 0 Å². The van der Waals surface area contributed by atoms with E-state index in [9.17, 15) is 4.79 Å². The van der Waals surface area contributed by atoms with Crippen LogP contribution in [0.15, 0.2) is 11.6 Å². The summed E-state index contributed by atoms with van der Waals surface area (Å²) in [7, 11) is -1.80. The summed E-state index contributed by atoms with van der Waals surface area (Å²) in [4.78, 5) is 11.6. The molecule has 0 unspecified atom stereocenters. The van der Waals surface area contributed by atoms with Crippen molar-refractivity contribution in [1.82, 2.24) is 0 Å². The molecular formula is C14H24O5Si. The Morgan fingerprint density at radius 3 is 2.45 bits per heavy atom. The monoisotopic (exact) mass is 300 g/mol. The molecule has 1 saturated heterocycles. The lowest BCUT2D eigenvalue weighted by atomic mass is 10.1. The van der Waals surface area contributed by atoms with Crippen LogP contribution in [0.3, 0.4) is 0 Å². The van der Waals surface area contributed by atoms with Crippen LogP contribution in [-0.4, -0.2) is 45.0 Å². The van der Waals surface area contributed by atoms with Gasteiger partial charge in [-0.3, -0.25) is 0 Å². The van der Waals surface area contributed by atoms with Crippen LogP contribution >= 0.6 is 0 Å². The van der Waals surface area contributed by atoms with Gasteiger partial charge in [0.05, 0.1) is 6.61 Å². The molecule has 0 bridgehead atoms. The molecule has 5 nitrogen and oxygen atoms in total. The number of hydrogen-bond acceptors (Lipinski definition) is 5. The molecule has 0 N–H and O–H groups in total. The number of rotatable bonds is 4. The first-order valence-corrected chi connectivity index (χ1v) is 10.4. The second-order valence-corrected chi connectivity index (χ2v) is 11.2. The molecule has 6 heteroatoms. The number of hydrogen-bond donors (Lipinski definition) is 0. The summed E-state index contributed by atoms with van der Waals surface area (Å²) in [5.74, 6) is -0.898. The van der Waals surface area contributed by atoms with E-state index in [0.717, 1.165) is 0 Å². The smallest absolute Gasteiger partial charge is 0.334 e. The SMILES string of the molecule is CC1=C[C@@H]([C@H](O[Si](C)(C)C)[C@H]2COC(C)(C)O2)OC1=O. The standard InChI is InChI=1S/C14H24O5Si/c1-9-7-10(17-13(9)15)12(19-20(4,5)6)11-8-16-14(2,3)18-11/h7,10-12H,8H2,1-6H3/t10-,11+,12-/m0/s1. The van der Waals surface area contributed by atoms with E-state index in [1.54, 1.807) is 6.92 Å². The highest BCUT2D eigenvalue weighted by Gasteiger charge is 2.45. The molecule has 0 saturated carbocycles. The van der Waals surface area contributed by atoms with Crippen LogP contribution in [0.4, 0.5) is 0 Å². The third-order valence-electron chi connectivity index (χ3n) is 3.19. The van der Waals surface area contributed by atoms with Crippen molar-refractivity contribution in [2.45, 2.75) is 64.5 Å². The summed E-state index contributed by atoms with van der Waals surface area (Å²) in [5, 5.41) is 0. The number of esters is 1. The molecule has 3 atom stereocenters. The summed E-state index contributed by atoms with van der Waals surface area (Å²) in [6, 6.07) is 0. The highest BCUT2D eigenvalue weighted by molar-refractivity contribution is 6.69. The summed E-state index contributed by atoms with van der Waals surface area (Å²) < 4.78 is 23.1. The fourth-order valence-electron chi connectivity index (χ4n) is 2.37. The van der Waals surface area contributed by atoms with E-state index >= 15 is 0 Å². The molecule has 2 aliphatic rings. The van der Waals surface area contributed by atoms with Crippen LogP contribution in [0.5, 0.6) is 0 Å². The highest BCUT2D eigenvalue weighted by atomic mass is 28.4. The predicted molar refractivity (Wildman–Crippen MR) is 76.8 cm³/mol. The second kappa shape index (κ2) is 5.25. The van der Waals surface area contributed by atoms with Crippen molar-refractivity contribution in [2.75, 3.05) is 6.61 Å². The van der Waals surface area contributed by atoms with Gasteiger partial charge in [0.25, 0.3) is 0 Å². The maximum atomic E-state index is 11.6. The zero-order chi connectivity index (χ0) is 15.1. The molecular weight excluding hydrogens is 276 g/mol. The van der Waals surface area contributed by atoms with E-state index < -0.39 is 20.2 Å². The van der Waals surface area contributed by atoms with Crippen LogP contribution in [0.2, 0.25) is 19.6 Å². The van der Waals surface area contributed by atoms with Crippen LogP contribution in [-0.2, 0) is 23.4 Å². The first-order chi connectivity index (χ1) is 9.07. The van der Waals surface area contributed by atoms with Gasteiger partial charge in [-0.05, 0) is 46.5 Å². The Morgan fingerprint density at radius 1 is 1.40 bits per heavy atom. The fraction of sp³-hybridized carbons (Fsp3) is 0.786. The summed E-state index contributed by atoms with van der Waals surface area (Å²) in [6.07, 6.45) is 0.889. The Hall–Kier alpha value is -0.693. The first-order valence-electron chi connectivity index (χ1n) is 6.96. The minimum atomic E-state index is -1.80. The van der Waals surface area contributed by atoms with E-state index in [1.807, 2.05) is 19.9 Å². The van der Waals surface area contributed by atoms with Crippen molar-refractivity contribution in [3.05, 3.63) is 11.6 Å². The molecule has 0 aromatic heterocycles. The van der Waals surface area contributed by atoms with Gasteiger partial charge in [-0.15, -0.1) is 0 Å². The van der Waals surface area contributed by atoms with Gasteiger partial charge in [0, 0.05) is 5.57 Å². The summed E-state index contributed by atoms with van der Waals surface area (Å²) >= 11 is 0. The lowest BCUT2D eigenvalue weighted by Crippen LogP contribution is -2.47. The number of carbonyl (C=O) groups is 1. The molecule has 0 aromatic rings. The van der Waals surface area contributed by atoms with Gasteiger partial charge in [0.2, 0.25) is 0 Å². The fourth-order valence-corrected chi connectivity index (χ4v) is 3.47. The third kappa shape index (κ3) is 3.69. The molecule has 0 radical (unpaired) electrons. The molecule has 0 amide bonds. The van der Waals surface area contributed by atoms with Crippen molar-refractivity contribution >= 4 is 14.3 Å². The molecule has 0 aliphatic carbocycles. The molecule has 2 aliphatic heterocycles. The number of cyclic esters (lactones) is 1. The van der Waals surface area contributed by atoms with Crippen molar-refractivity contribution in [2.24, 2.45) is 0 Å². The van der Waals surface area contributed by atoms with Crippen molar-refractivity contribution in [1.29, 1.82) is 0 Å². The molecule has 2 heterocycles. The van der Waals surface area contributed by atoms with Gasteiger partial charge in [-0.1, -0.05) is 0 Å². The van der Waals surface area contributed by atoms with Gasteiger partial charge in [0.15, 0.2) is 14.1 Å². The molecule has 0 spiro atoms. The van der Waals surface area contributed by atoms with Crippen LogP contribution in [0.1, 0.15) is 20.8 Å². The van der Waals surface area contributed by atoms with E-state index in [4.69, 9.17) is 18.6 Å². The molecule has 1 fully saturated rings. The zero-order valence-corrected chi connectivity index (χ0v) is 14.1. The Kier molecular flexibility index (Phi) is 4.12. The highest BCUT2D eigenvalue weighted by Crippen LogP contribution is 2.31. The summed E-state index contributed by atoms with van der Waals surface area (Å²) in [6.45, 7) is 12.3. The van der Waals surface area contributed by atoms with Gasteiger partial charge >= 0.3 is 5.97 Å². The number of ether oxygens (including phenoxy) is 3.